The van der Waals surface area contributed by atoms with Gasteiger partial charge in [0, 0.05) is 6.61 Å². The molecule has 12 heavy (non-hydrogen) atoms. The second-order valence-corrected chi connectivity index (χ2v) is 3.84. The zero-order valence-electron chi connectivity index (χ0n) is 7.81. The van der Waals surface area contributed by atoms with Gasteiger partial charge in [-0.25, -0.2) is 0 Å². The lowest BCUT2D eigenvalue weighted by molar-refractivity contribution is -0.0462. The molecule has 0 spiro atoms. The van der Waals surface area contributed by atoms with Crippen LogP contribution >= 0.6 is 11.6 Å². The van der Waals surface area contributed by atoms with Gasteiger partial charge in [-0.15, -0.1) is 11.6 Å². The average molecular weight is 193 g/mol. The van der Waals surface area contributed by atoms with Crippen LogP contribution in [0.5, 0.6) is 0 Å². The summed E-state index contributed by atoms with van der Waals surface area (Å²) in [6, 6.07) is 0. The lowest BCUT2D eigenvalue weighted by Gasteiger charge is -2.25. The molecular weight excluding hydrogens is 176 g/mol. The predicted octanol–water partition coefficient (Wildman–Crippen LogP) is 2.06. The molecule has 2 unspecified atom stereocenters. The van der Waals surface area contributed by atoms with Gasteiger partial charge in [0.2, 0.25) is 0 Å². The molecule has 0 amide bonds. The van der Waals surface area contributed by atoms with Crippen molar-refractivity contribution in [2.24, 2.45) is 5.92 Å². The molecule has 0 saturated carbocycles. The third-order valence-corrected chi connectivity index (χ3v) is 2.69. The summed E-state index contributed by atoms with van der Waals surface area (Å²) in [7, 11) is 0. The molecule has 1 aliphatic heterocycles. The summed E-state index contributed by atoms with van der Waals surface area (Å²) in [5.74, 6) is 1.15. The summed E-state index contributed by atoms with van der Waals surface area (Å²) in [6.07, 6.45) is 1.02. The molecule has 0 aromatic heterocycles. The van der Waals surface area contributed by atoms with E-state index in [0.717, 1.165) is 19.6 Å². The number of halogens is 1. The van der Waals surface area contributed by atoms with E-state index >= 15 is 0 Å². The molecule has 3 heteroatoms. The van der Waals surface area contributed by atoms with Crippen LogP contribution in [0.15, 0.2) is 0 Å². The summed E-state index contributed by atoms with van der Waals surface area (Å²) in [5.41, 5.74) is -0.197. The van der Waals surface area contributed by atoms with Gasteiger partial charge in [0.1, 0.15) is 5.60 Å². The van der Waals surface area contributed by atoms with Gasteiger partial charge in [-0.05, 0) is 19.3 Å². The summed E-state index contributed by atoms with van der Waals surface area (Å²) < 4.78 is 11.0. The molecule has 72 valence electrons. The van der Waals surface area contributed by atoms with Gasteiger partial charge in [0.15, 0.2) is 0 Å². The summed E-state index contributed by atoms with van der Waals surface area (Å²) >= 11 is 5.86. The van der Waals surface area contributed by atoms with Crippen LogP contribution in [0.1, 0.15) is 20.3 Å². The maximum absolute atomic E-state index is 5.86. The standard InChI is InChI=1S/C9H17ClO2/c1-3-11-7-9(6-10)4-8(2)5-12-9/h8H,3-7H2,1-2H3. The Morgan fingerprint density at radius 1 is 1.67 bits per heavy atom. The maximum Gasteiger partial charge on any atom is 0.105 e. The first-order chi connectivity index (χ1) is 5.72. The van der Waals surface area contributed by atoms with E-state index in [1.54, 1.807) is 0 Å². The number of alkyl halides is 1. The van der Waals surface area contributed by atoms with E-state index in [2.05, 4.69) is 6.92 Å². The quantitative estimate of drug-likeness (QED) is 0.635. The third kappa shape index (κ3) is 2.35. The van der Waals surface area contributed by atoms with Crippen molar-refractivity contribution in [2.75, 3.05) is 25.7 Å². The van der Waals surface area contributed by atoms with Crippen LogP contribution in [0.25, 0.3) is 0 Å². The first-order valence-electron chi connectivity index (χ1n) is 4.50. The molecule has 2 atom stereocenters. The number of ether oxygens (including phenoxy) is 2. The van der Waals surface area contributed by atoms with E-state index < -0.39 is 0 Å². The Kier molecular flexibility index (Phi) is 3.81. The van der Waals surface area contributed by atoms with Gasteiger partial charge < -0.3 is 9.47 Å². The van der Waals surface area contributed by atoms with E-state index in [1.807, 2.05) is 6.92 Å². The molecule has 2 nitrogen and oxygen atoms in total. The number of hydrogen-bond donors (Lipinski definition) is 0. The first-order valence-corrected chi connectivity index (χ1v) is 5.03. The van der Waals surface area contributed by atoms with E-state index in [9.17, 15) is 0 Å². The minimum Gasteiger partial charge on any atom is -0.379 e. The van der Waals surface area contributed by atoms with Gasteiger partial charge in [0.05, 0.1) is 19.1 Å². The molecule has 1 aliphatic rings. The molecule has 0 aliphatic carbocycles. The lowest BCUT2D eigenvalue weighted by Crippen LogP contribution is -2.36. The highest BCUT2D eigenvalue weighted by Gasteiger charge is 2.38. The van der Waals surface area contributed by atoms with Crippen LogP contribution in [0.2, 0.25) is 0 Å². The monoisotopic (exact) mass is 192 g/mol. The fraction of sp³-hybridized carbons (Fsp3) is 1.00. The molecule has 0 N–H and O–H groups in total. The second kappa shape index (κ2) is 4.45. The van der Waals surface area contributed by atoms with Crippen molar-refractivity contribution in [3.8, 4) is 0 Å². The van der Waals surface area contributed by atoms with Crippen molar-refractivity contribution in [1.82, 2.24) is 0 Å². The largest absolute Gasteiger partial charge is 0.379 e. The molecule has 1 heterocycles. The van der Waals surface area contributed by atoms with Gasteiger partial charge in [-0.1, -0.05) is 6.92 Å². The summed E-state index contributed by atoms with van der Waals surface area (Å²) in [6.45, 7) is 6.36. The molecule has 1 rings (SSSR count). The molecular formula is C9H17ClO2. The number of hydrogen-bond acceptors (Lipinski definition) is 2. The van der Waals surface area contributed by atoms with Crippen LogP contribution in [0.4, 0.5) is 0 Å². The molecule has 0 aromatic rings. The molecule has 1 saturated heterocycles. The van der Waals surface area contributed by atoms with Crippen LogP contribution in [-0.2, 0) is 9.47 Å². The van der Waals surface area contributed by atoms with Crippen molar-refractivity contribution < 1.29 is 9.47 Å². The molecule has 0 radical (unpaired) electrons. The van der Waals surface area contributed by atoms with Crippen LogP contribution in [0, 0.1) is 5.92 Å². The highest BCUT2D eigenvalue weighted by atomic mass is 35.5. The van der Waals surface area contributed by atoms with Crippen molar-refractivity contribution in [1.29, 1.82) is 0 Å². The Morgan fingerprint density at radius 3 is 2.83 bits per heavy atom. The lowest BCUT2D eigenvalue weighted by atomic mass is 9.98. The number of rotatable bonds is 4. The van der Waals surface area contributed by atoms with Gasteiger partial charge in [-0.2, -0.15) is 0 Å². The van der Waals surface area contributed by atoms with Crippen molar-refractivity contribution >= 4 is 11.6 Å². The van der Waals surface area contributed by atoms with Crippen LogP contribution in [0.3, 0.4) is 0 Å². The third-order valence-electron chi connectivity index (χ3n) is 2.21. The molecule has 0 aromatic carbocycles. The summed E-state index contributed by atoms with van der Waals surface area (Å²) in [4.78, 5) is 0. The SMILES string of the molecule is CCOCC1(CCl)CC(C)CO1. The van der Waals surface area contributed by atoms with Crippen molar-refractivity contribution in [2.45, 2.75) is 25.9 Å². The Labute approximate surface area is 79.2 Å². The second-order valence-electron chi connectivity index (χ2n) is 3.57. The van der Waals surface area contributed by atoms with Crippen LogP contribution < -0.4 is 0 Å². The Balaban J connectivity index is 2.41. The van der Waals surface area contributed by atoms with Gasteiger partial charge in [0.25, 0.3) is 0 Å². The summed E-state index contributed by atoms with van der Waals surface area (Å²) in [5, 5.41) is 0. The topological polar surface area (TPSA) is 18.5 Å². The average Bonchev–Trinajstić information content (AvgIpc) is 2.45. The maximum atomic E-state index is 5.86. The zero-order valence-corrected chi connectivity index (χ0v) is 8.56. The normalized spacial score (nSPS) is 35.8. The zero-order chi connectivity index (χ0) is 9.03. The fourth-order valence-electron chi connectivity index (χ4n) is 1.59. The minimum absolute atomic E-state index is 0.197. The first kappa shape index (κ1) is 10.3. The van der Waals surface area contributed by atoms with E-state index in [-0.39, 0.29) is 5.60 Å². The van der Waals surface area contributed by atoms with Crippen molar-refractivity contribution in [3.63, 3.8) is 0 Å². The predicted molar refractivity (Wildman–Crippen MR) is 49.7 cm³/mol. The Bertz CT molecular complexity index is 140. The van der Waals surface area contributed by atoms with Crippen molar-refractivity contribution in [3.05, 3.63) is 0 Å². The Morgan fingerprint density at radius 2 is 2.42 bits per heavy atom. The Hall–Kier alpha value is 0.210. The highest BCUT2D eigenvalue weighted by molar-refractivity contribution is 6.18. The molecule has 1 fully saturated rings. The molecule has 0 bridgehead atoms. The van der Waals surface area contributed by atoms with Crippen LogP contribution in [-0.4, -0.2) is 31.3 Å². The van der Waals surface area contributed by atoms with Gasteiger partial charge >= 0.3 is 0 Å². The minimum atomic E-state index is -0.197. The van der Waals surface area contributed by atoms with Gasteiger partial charge in [-0.3, -0.25) is 0 Å². The van der Waals surface area contributed by atoms with E-state index in [0.29, 0.717) is 18.4 Å². The smallest absolute Gasteiger partial charge is 0.105 e. The van der Waals surface area contributed by atoms with E-state index in [4.69, 9.17) is 21.1 Å². The highest BCUT2D eigenvalue weighted by Crippen LogP contribution is 2.31. The van der Waals surface area contributed by atoms with E-state index in [1.165, 1.54) is 0 Å². The fourth-order valence-corrected chi connectivity index (χ4v) is 1.86.